The Balaban J connectivity index is 1.23. The molecule has 3 N–H and O–H groups in total. The van der Waals surface area contributed by atoms with Crippen LogP contribution in [0.1, 0.15) is 26.6 Å². The predicted molar refractivity (Wildman–Crippen MR) is 173 cm³/mol. The maximum absolute atomic E-state index is 13.2. The molecule has 0 atom stereocenters. The fraction of sp³-hybridized carbons (Fsp3) is 0.194. The van der Waals surface area contributed by atoms with Crippen LogP contribution in [0.25, 0.3) is 32.2 Å². The van der Waals surface area contributed by atoms with Crippen molar-refractivity contribution in [1.82, 2.24) is 29.5 Å². The molecule has 0 aliphatic rings. The molecule has 224 valence electrons. The summed E-state index contributed by atoms with van der Waals surface area (Å²) in [4.78, 5) is 35.3. The van der Waals surface area contributed by atoms with E-state index < -0.39 is 6.03 Å². The van der Waals surface area contributed by atoms with Gasteiger partial charge in [-0.25, -0.2) is 19.7 Å². The molecule has 0 saturated heterocycles. The molecule has 6 rings (SSSR count). The molecule has 0 saturated carbocycles. The Kier molecular flexibility index (Phi) is 7.70. The number of anilines is 2. The number of aryl methyl sites for hydroxylation is 1. The largest absolute Gasteiger partial charge is 0.494 e. The van der Waals surface area contributed by atoms with Crippen LogP contribution in [0.15, 0.2) is 67.3 Å². The van der Waals surface area contributed by atoms with Crippen molar-refractivity contribution in [2.75, 3.05) is 17.7 Å². The molecule has 5 aromatic heterocycles. The fourth-order valence-electron chi connectivity index (χ4n) is 4.52. The number of thiophene rings is 1. The maximum Gasteiger partial charge on any atom is 0.324 e. The third kappa shape index (κ3) is 5.81. The van der Waals surface area contributed by atoms with Crippen LogP contribution in [0.4, 0.5) is 16.3 Å². The second-order valence-electron chi connectivity index (χ2n) is 10.9. The number of nitrogens with one attached hydrogen (secondary N) is 3. The molecule has 6 aromatic rings. The predicted octanol–water partition coefficient (Wildman–Crippen LogP) is 7.88. The van der Waals surface area contributed by atoms with E-state index in [0.29, 0.717) is 45.8 Å². The zero-order valence-corrected chi connectivity index (χ0v) is 26.2. The van der Waals surface area contributed by atoms with E-state index in [1.54, 1.807) is 60.3 Å². The summed E-state index contributed by atoms with van der Waals surface area (Å²) in [6.07, 6.45) is 6.97. The number of imidazole rings is 2. The van der Waals surface area contributed by atoms with Gasteiger partial charge >= 0.3 is 6.03 Å². The number of hydrogen-bond acceptors (Lipinski definition) is 8. The molecule has 5 heterocycles. The zero-order chi connectivity index (χ0) is 31.0. The van der Waals surface area contributed by atoms with E-state index in [-0.39, 0.29) is 10.6 Å². The van der Waals surface area contributed by atoms with E-state index in [2.05, 4.69) is 30.6 Å². The van der Waals surface area contributed by atoms with E-state index in [0.717, 1.165) is 20.9 Å². The standard InChI is InChI=1S/C31H29ClN8O3S/c1-31(2,3)29-37-24(18-7-6-11-34-26(18)32)27(38-29)39-30(41)36-19-9-8-17(15-22(19)42-5)43-21-10-12-33-20-16-23(44-25(20)21)28-35-13-14-40(28)4/h6-16H,1-5H3,(H,37,38)(H2,36,39,41). The summed E-state index contributed by atoms with van der Waals surface area (Å²) in [5.41, 5.74) is 2.04. The molecule has 2 amide bonds. The van der Waals surface area contributed by atoms with Gasteiger partial charge in [-0.15, -0.1) is 11.3 Å². The number of ether oxygens (including phenoxy) is 2. The van der Waals surface area contributed by atoms with Crippen molar-refractivity contribution in [2.24, 2.45) is 7.05 Å². The number of urea groups is 1. The summed E-state index contributed by atoms with van der Waals surface area (Å²) in [5.74, 6) is 3.53. The van der Waals surface area contributed by atoms with Crippen molar-refractivity contribution in [3.8, 4) is 39.2 Å². The number of methoxy groups -OCH3 is 1. The average Bonchev–Trinajstić information content (AvgIpc) is 3.72. The van der Waals surface area contributed by atoms with Gasteiger partial charge in [-0.3, -0.25) is 10.3 Å². The first-order chi connectivity index (χ1) is 21.1. The summed E-state index contributed by atoms with van der Waals surface area (Å²) in [5, 5.41) is 6.00. The molecule has 11 nitrogen and oxygen atoms in total. The highest BCUT2D eigenvalue weighted by atomic mass is 35.5. The Morgan fingerprint density at radius 1 is 1.02 bits per heavy atom. The van der Waals surface area contributed by atoms with Crippen LogP contribution < -0.4 is 20.1 Å². The van der Waals surface area contributed by atoms with Crippen LogP contribution in [0.3, 0.4) is 0 Å². The number of hydrogen-bond donors (Lipinski definition) is 3. The molecule has 44 heavy (non-hydrogen) atoms. The van der Waals surface area contributed by atoms with Crippen LogP contribution in [-0.2, 0) is 12.5 Å². The fourth-order valence-corrected chi connectivity index (χ4v) is 5.83. The smallest absolute Gasteiger partial charge is 0.324 e. The number of fused-ring (bicyclic) bond motifs is 1. The van der Waals surface area contributed by atoms with Crippen LogP contribution in [0.5, 0.6) is 17.2 Å². The van der Waals surface area contributed by atoms with Crippen molar-refractivity contribution < 1.29 is 14.3 Å². The highest BCUT2D eigenvalue weighted by Gasteiger charge is 2.24. The molecule has 13 heteroatoms. The van der Waals surface area contributed by atoms with E-state index >= 15 is 0 Å². The number of aromatic nitrogens is 6. The van der Waals surface area contributed by atoms with Gasteiger partial charge in [0.15, 0.2) is 0 Å². The number of carbonyl (C=O) groups excluding carboxylic acids is 1. The van der Waals surface area contributed by atoms with Crippen molar-refractivity contribution >= 4 is 50.7 Å². The van der Waals surface area contributed by atoms with E-state index in [1.807, 2.05) is 50.7 Å². The Morgan fingerprint density at radius 3 is 2.59 bits per heavy atom. The molecular weight excluding hydrogens is 600 g/mol. The van der Waals surface area contributed by atoms with Crippen molar-refractivity contribution in [3.63, 3.8) is 0 Å². The second kappa shape index (κ2) is 11.6. The highest BCUT2D eigenvalue weighted by molar-refractivity contribution is 7.22. The SMILES string of the molecule is COc1cc(Oc2ccnc3cc(-c4nccn4C)sc23)ccc1NC(=O)Nc1[nH]c(C(C)(C)C)nc1-c1cccnc1Cl. The molecule has 0 aliphatic heterocycles. The summed E-state index contributed by atoms with van der Waals surface area (Å²) in [6.45, 7) is 6.06. The first-order valence-electron chi connectivity index (χ1n) is 13.6. The number of H-pyrrole nitrogens is 1. The van der Waals surface area contributed by atoms with Crippen molar-refractivity contribution in [3.05, 3.63) is 78.2 Å². The van der Waals surface area contributed by atoms with E-state index in [1.165, 1.54) is 7.11 Å². The third-order valence-electron chi connectivity index (χ3n) is 6.73. The Hall–Kier alpha value is -4.94. The van der Waals surface area contributed by atoms with Crippen LogP contribution in [-0.4, -0.2) is 42.6 Å². The van der Waals surface area contributed by atoms with Gasteiger partial charge in [0, 0.05) is 54.9 Å². The monoisotopic (exact) mass is 628 g/mol. The Labute approximate surface area is 262 Å². The third-order valence-corrected chi connectivity index (χ3v) is 8.17. The zero-order valence-electron chi connectivity index (χ0n) is 24.6. The minimum Gasteiger partial charge on any atom is -0.494 e. The minimum atomic E-state index is -0.501. The first kappa shape index (κ1) is 29.1. The molecule has 0 spiro atoms. The van der Waals surface area contributed by atoms with Gasteiger partial charge in [-0.1, -0.05) is 32.4 Å². The molecular formula is C31H29ClN8O3S. The lowest BCUT2D eigenvalue weighted by Gasteiger charge is -2.14. The van der Waals surface area contributed by atoms with Gasteiger partial charge < -0.3 is 24.3 Å². The quantitative estimate of drug-likeness (QED) is 0.153. The van der Waals surface area contributed by atoms with E-state index in [4.69, 9.17) is 26.1 Å². The van der Waals surface area contributed by atoms with Crippen LogP contribution in [0.2, 0.25) is 5.15 Å². The molecule has 1 aromatic carbocycles. The minimum absolute atomic E-state index is 0.280. The lowest BCUT2D eigenvalue weighted by Crippen LogP contribution is -2.21. The lowest BCUT2D eigenvalue weighted by molar-refractivity contribution is 0.262. The molecule has 0 aliphatic carbocycles. The second-order valence-corrected chi connectivity index (χ2v) is 12.4. The van der Waals surface area contributed by atoms with Gasteiger partial charge in [0.2, 0.25) is 0 Å². The highest BCUT2D eigenvalue weighted by Crippen LogP contribution is 2.40. The number of rotatable bonds is 7. The maximum atomic E-state index is 13.2. The van der Waals surface area contributed by atoms with Gasteiger partial charge in [0.05, 0.1) is 27.9 Å². The first-order valence-corrected chi connectivity index (χ1v) is 14.8. The van der Waals surface area contributed by atoms with Crippen LogP contribution in [0, 0.1) is 0 Å². The normalized spacial score (nSPS) is 11.5. The van der Waals surface area contributed by atoms with E-state index in [9.17, 15) is 4.79 Å². The molecule has 0 unspecified atom stereocenters. The Morgan fingerprint density at radius 2 is 1.86 bits per heavy atom. The molecule has 0 fully saturated rings. The van der Waals surface area contributed by atoms with Gasteiger partial charge in [-0.05, 0) is 30.3 Å². The number of aromatic amines is 1. The molecule has 0 bridgehead atoms. The van der Waals surface area contributed by atoms with Gasteiger partial charge in [0.1, 0.15) is 45.6 Å². The van der Waals surface area contributed by atoms with Crippen molar-refractivity contribution in [2.45, 2.75) is 26.2 Å². The molecule has 0 radical (unpaired) electrons. The summed E-state index contributed by atoms with van der Waals surface area (Å²) in [7, 11) is 3.48. The number of benzene rings is 1. The number of pyridine rings is 2. The average molecular weight is 629 g/mol. The number of amides is 2. The van der Waals surface area contributed by atoms with Crippen LogP contribution >= 0.6 is 22.9 Å². The van der Waals surface area contributed by atoms with Gasteiger partial charge in [-0.2, -0.15) is 0 Å². The summed E-state index contributed by atoms with van der Waals surface area (Å²) in [6, 6.07) is 12.1. The number of halogens is 1. The summed E-state index contributed by atoms with van der Waals surface area (Å²) < 4.78 is 14.7. The number of carbonyl (C=O) groups is 1. The topological polar surface area (TPSA) is 132 Å². The summed E-state index contributed by atoms with van der Waals surface area (Å²) >= 11 is 7.92. The number of nitrogens with zero attached hydrogens (tertiary/aromatic N) is 5. The van der Waals surface area contributed by atoms with Crippen molar-refractivity contribution in [1.29, 1.82) is 0 Å². The van der Waals surface area contributed by atoms with Gasteiger partial charge in [0.25, 0.3) is 0 Å². The Bertz CT molecular complexity index is 1990. The lowest BCUT2D eigenvalue weighted by atomic mass is 9.96.